The van der Waals surface area contributed by atoms with Crippen LogP contribution in [0.15, 0.2) is 34.7 Å². The van der Waals surface area contributed by atoms with Crippen molar-refractivity contribution in [1.29, 1.82) is 0 Å². The number of carbonyl (C=O) groups is 1. The number of fused-ring (bicyclic) bond motifs is 1. The largest absolute Gasteiger partial charge is 0.481 e. The van der Waals surface area contributed by atoms with E-state index in [4.69, 9.17) is 27.6 Å². The molecular formula is C30H36Cl2FN4O3+. The summed E-state index contributed by atoms with van der Waals surface area (Å²) in [4.78, 5) is 18.4. The number of carboxylic acids is 1. The van der Waals surface area contributed by atoms with Crippen LogP contribution < -0.4 is 10.2 Å². The van der Waals surface area contributed by atoms with Crippen molar-refractivity contribution in [2.45, 2.75) is 51.6 Å². The first-order chi connectivity index (χ1) is 19.0. The second kappa shape index (κ2) is 10.1. The van der Waals surface area contributed by atoms with Crippen molar-refractivity contribution in [2.75, 3.05) is 43.4 Å². The number of hydrogen-bond donors (Lipinski definition) is 2. The Kier molecular flexibility index (Phi) is 6.95. The highest BCUT2D eigenvalue weighted by Crippen LogP contribution is 2.48. The number of oxazole rings is 1. The second-order valence-electron chi connectivity index (χ2n) is 12.7. The van der Waals surface area contributed by atoms with Gasteiger partial charge in [0.2, 0.25) is 0 Å². The maximum atomic E-state index is 15.0. The van der Waals surface area contributed by atoms with Gasteiger partial charge in [0.1, 0.15) is 17.0 Å². The molecule has 214 valence electrons. The number of carboxylic acid groups (broad SMARTS) is 1. The minimum Gasteiger partial charge on any atom is -0.481 e. The van der Waals surface area contributed by atoms with E-state index in [1.54, 1.807) is 18.2 Å². The van der Waals surface area contributed by atoms with Crippen LogP contribution in [-0.4, -0.2) is 59.8 Å². The van der Waals surface area contributed by atoms with Gasteiger partial charge in [-0.15, -0.1) is 0 Å². The molecule has 1 unspecified atom stereocenters. The molecule has 40 heavy (non-hydrogen) atoms. The zero-order chi connectivity index (χ0) is 28.4. The van der Waals surface area contributed by atoms with Crippen LogP contribution in [0.2, 0.25) is 10.0 Å². The number of benzene rings is 2. The zero-order valence-corrected chi connectivity index (χ0v) is 24.6. The molecule has 1 aromatic heterocycles. The number of anilines is 2. The number of halogens is 3. The highest BCUT2D eigenvalue weighted by atomic mass is 35.5. The average Bonchev–Trinajstić information content (AvgIpc) is 3.26. The molecule has 0 bridgehead atoms. The molecule has 2 N–H and O–H groups in total. The highest BCUT2D eigenvalue weighted by Gasteiger charge is 2.56. The zero-order valence-electron chi connectivity index (χ0n) is 23.1. The fourth-order valence-corrected chi connectivity index (χ4v) is 7.66. The summed E-state index contributed by atoms with van der Waals surface area (Å²) in [6.45, 7) is 7.72. The Morgan fingerprint density at radius 2 is 2.00 bits per heavy atom. The third-order valence-corrected chi connectivity index (χ3v) is 10.4. The predicted octanol–water partition coefficient (Wildman–Crippen LogP) is 6.99. The molecule has 2 aliphatic heterocycles. The normalized spacial score (nSPS) is 29.6. The maximum absolute atomic E-state index is 15.0. The summed E-state index contributed by atoms with van der Waals surface area (Å²) >= 11 is 12.4. The fourth-order valence-electron chi connectivity index (χ4n) is 7.08. The van der Waals surface area contributed by atoms with Crippen LogP contribution in [0.4, 0.5) is 16.1 Å². The second-order valence-corrected chi connectivity index (χ2v) is 13.5. The lowest BCUT2D eigenvalue weighted by Gasteiger charge is -2.56. The number of piperidine rings is 1. The van der Waals surface area contributed by atoms with E-state index in [0.717, 1.165) is 49.1 Å². The number of nitrogens with one attached hydrogen (secondary N) is 1. The van der Waals surface area contributed by atoms with Gasteiger partial charge < -0.3 is 24.2 Å². The van der Waals surface area contributed by atoms with Crippen molar-refractivity contribution in [3.63, 3.8) is 0 Å². The van der Waals surface area contributed by atoms with E-state index >= 15 is 0 Å². The third kappa shape index (κ3) is 4.82. The molecule has 3 aliphatic rings. The Morgan fingerprint density at radius 3 is 2.70 bits per heavy atom. The SMILES string of the molecule is C[C@@H](Nc1c(F)ccc2nc(N3CC([C@H]4CCC[N+](C)(C5CC(C)(C(=O)O)C5)C4)C3)oc12)c1ccc(Cl)cc1Cl. The van der Waals surface area contributed by atoms with E-state index in [2.05, 4.69) is 22.2 Å². The predicted molar refractivity (Wildman–Crippen MR) is 156 cm³/mol. The third-order valence-electron chi connectivity index (χ3n) is 9.80. The minimum absolute atomic E-state index is 0.265. The van der Waals surface area contributed by atoms with E-state index in [1.807, 2.05) is 19.9 Å². The first kappa shape index (κ1) is 27.6. The van der Waals surface area contributed by atoms with E-state index in [0.29, 0.717) is 45.0 Å². The number of likely N-dealkylation sites (tertiary alicyclic amines) is 1. The molecule has 3 heterocycles. The van der Waals surface area contributed by atoms with E-state index in [-0.39, 0.29) is 11.7 Å². The van der Waals surface area contributed by atoms with Crippen molar-refractivity contribution in [3.8, 4) is 0 Å². The van der Waals surface area contributed by atoms with Crippen molar-refractivity contribution in [2.24, 2.45) is 17.3 Å². The number of quaternary nitrogens is 1. The molecule has 3 fully saturated rings. The monoisotopic (exact) mass is 589 g/mol. The first-order valence-corrected chi connectivity index (χ1v) is 14.8. The highest BCUT2D eigenvalue weighted by molar-refractivity contribution is 6.35. The molecule has 1 aliphatic carbocycles. The summed E-state index contributed by atoms with van der Waals surface area (Å²) in [6.07, 6.45) is 3.90. The lowest BCUT2D eigenvalue weighted by atomic mass is 9.64. The fraction of sp³-hybridized carbons (Fsp3) is 0.533. The lowest BCUT2D eigenvalue weighted by Crippen LogP contribution is -2.66. The molecule has 6 rings (SSSR count). The summed E-state index contributed by atoms with van der Waals surface area (Å²) in [5, 5.41) is 13.8. The molecule has 2 aromatic carbocycles. The number of rotatable bonds is 7. The van der Waals surface area contributed by atoms with Crippen LogP contribution >= 0.6 is 23.2 Å². The summed E-state index contributed by atoms with van der Waals surface area (Å²) in [6, 6.07) is 8.98. The van der Waals surface area contributed by atoms with Gasteiger partial charge in [-0.25, -0.2) is 4.39 Å². The van der Waals surface area contributed by atoms with Gasteiger partial charge in [0.25, 0.3) is 6.01 Å². The lowest BCUT2D eigenvalue weighted by molar-refractivity contribution is -0.949. The minimum atomic E-state index is -0.668. The number of aliphatic carboxylic acids is 1. The van der Waals surface area contributed by atoms with Crippen LogP contribution in [-0.2, 0) is 4.79 Å². The number of nitrogens with zero attached hydrogens (tertiary/aromatic N) is 3. The summed E-state index contributed by atoms with van der Waals surface area (Å²) < 4.78 is 22.1. The Hall–Kier alpha value is -2.55. The van der Waals surface area contributed by atoms with Crippen LogP contribution in [0.5, 0.6) is 0 Å². The van der Waals surface area contributed by atoms with Gasteiger partial charge in [-0.1, -0.05) is 29.3 Å². The first-order valence-electron chi connectivity index (χ1n) is 14.1. The van der Waals surface area contributed by atoms with Gasteiger partial charge in [-0.2, -0.15) is 4.98 Å². The Morgan fingerprint density at radius 1 is 1.25 bits per heavy atom. The van der Waals surface area contributed by atoms with Crippen molar-refractivity contribution in [3.05, 3.63) is 51.8 Å². The maximum Gasteiger partial charge on any atom is 0.309 e. The molecule has 0 radical (unpaired) electrons. The molecule has 0 amide bonds. The molecule has 10 heteroatoms. The van der Waals surface area contributed by atoms with Crippen molar-refractivity contribution in [1.82, 2.24) is 4.98 Å². The van der Waals surface area contributed by atoms with Gasteiger partial charge in [-0.05, 0) is 56.5 Å². The molecule has 3 atom stereocenters. The van der Waals surface area contributed by atoms with E-state index in [1.165, 1.54) is 18.9 Å². The number of aromatic nitrogens is 1. The standard InChI is InChI=1S/C30H35Cl2FN4O3/c1-17(22-7-6-20(31)11-23(22)32)34-26-24(33)8-9-25-27(26)40-29(35-25)36-14-19(15-36)18-5-4-10-37(3,16-18)21-12-30(2,13-21)28(38)39/h6-9,11,17-19,21,34H,4-5,10,12-16H2,1-3H3/p+1/t17-,18+,21?,30?,37?/m1/s1. The molecular weight excluding hydrogens is 554 g/mol. The van der Waals surface area contributed by atoms with E-state index < -0.39 is 17.2 Å². The van der Waals surface area contributed by atoms with Crippen LogP contribution in [0.3, 0.4) is 0 Å². The summed E-state index contributed by atoms with van der Waals surface area (Å²) in [5.41, 5.74) is 1.50. The Bertz CT molecular complexity index is 1450. The molecule has 2 saturated heterocycles. The smallest absolute Gasteiger partial charge is 0.309 e. The van der Waals surface area contributed by atoms with Crippen molar-refractivity contribution >= 4 is 52.0 Å². The van der Waals surface area contributed by atoms with Crippen molar-refractivity contribution < 1.29 is 23.2 Å². The number of hydrogen-bond acceptors (Lipinski definition) is 5. The average molecular weight is 591 g/mol. The molecule has 0 spiro atoms. The van der Waals surface area contributed by atoms with Gasteiger partial charge >= 0.3 is 5.97 Å². The Labute approximate surface area is 243 Å². The molecule has 3 aromatic rings. The van der Waals surface area contributed by atoms with Gasteiger partial charge in [-0.3, -0.25) is 4.79 Å². The van der Waals surface area contributed by atoms with E-state index in [9.17, 15) is 14.3 Å². The molecule has 1 saturated carbocycles. The van der Waals surface area contributed by atoms with Crippen LogP contribution in [0, 0.1) is 23.1 Å². The van der Waals surface area contributed by atoms with Gasteiger partial charge in [0, 0.05) is 47.8 Å². The van der Waals surface area contributed by atoms with Gasteiger partial charge in [0.15, 0.2) is 5.58 Å². The van der Waals surface area contributed by atoms with Gasteiger partial charge in [0.05, 0.1) is 37.6 Å². The molecule has 7 nitrogen and oxygen atoms in total. The summed E-state index contributed by atoms with van der Waals surface area (Å²) in [7, 11) is 2.32. The Balaban J connectivity index is 1.13. The quantitative estimate of drug-likeness (QED) is 0.289. The van der Waals surface area contributed by atoms with Crippen LogP contribution in [0.1, 0.15) is 51.1 Å². The summed E-state index contributed by atoms with van der Waals surface area (Å²) in [5.74, 6) is 0.0528. The topological polar surface area (TPSA) is 78.6 Å². The van der Waals surface area contributed by atoms with Crippen LogP contribution in [0.25, 0.3) is 11.1 Å².